The molecular formula is C13H15Cl2FO2S. The number of aromatic carboxylic acids is 1. The highest BCUT2D eigenvalue weighted by Gasteiger charge is 2.31. The van der Waals surface area contributed by atoms with E-state index in [1.165, 1.54) is 23.9 Å². The van der Waals surface area contributed by atoms with E-state index in [1.54, 1.807) is 6.92 Å². The van der Waals surface area contributed by atoms with Crippen molar-refractivity contribution in [2.45, 2.75) is 41.9 Å². The standard InChI is InChI=1S/C13H15Cl2FO2S/c1-4-7(2)19-11-8(3)9(12(17)18)5-6-10(11)13(14,15)16/h5-7H,4H2,1-3H3,(H,17,18)/t7-/m1/s1. The Morgan fingerprint density at radius 2 is 2.11 bits per heavy atom. The second kappa shape index (κ2) is 6.33. The molecule has 0 radical (unpaired) electrons. The van der Waals surface area contributed by atoms with E-state index in [9.17, 15) is 9.18 Å². The number of carboxylic acids is 1. The van der Waals surface area contributed by atoms with Crippen LogP contribution >= 0.6 is 35.0 Å². The number of rotatable bonds is 5. The van der Waals surface area contributed by atoms with E-state index in [4.69, 9.17) is 28.3 Å². The van der Waals surface area contributed by atoms with Crippen LogP contribution in [-0.4, -0.2) is 16.3 Å². The first-order valence-corrected chi connectivity index (χ1v) is 7.42. The van der Waals surface area contributed by atoms with Crippen molar-refractivity contribution in [1.29, 1.82) is 0 Å². The molecule has 19 heavy (non-hydrogen) atoms. The first kappa shape index (κ1) is 16.6. The molecule has 0 aliphatic carbocycles. The lowest BCUT2D eigenvalue weighted by atomic mass is 10.1. The fraction of sp³-hybridized carbons (Fsp3) is 0.462. The minimum Gasteiger partial charge on any atom is -0.478 e. The van der Waals surface area contributed by atoms with E-state index in [-0.39, 0.29) is 16.4 Å². The highest BCUT2D eigenvalue weighted by Crippen LogP contribution is 2.44. The summed E-state index contributed by atoms with van der Waals surface area (Å²) in [7, 11) is 0. The molecule has 1 aromatic carbocycles. The van der Waals surface area contributed by atoms with E-state index < -0.39 is 10.6 Å². The average molecular weight is 325 g/mol. The second-order valence-electron chi connectivity index (χ2n) is 4.25. The van der Waals surface area contributed by atoms with Gasteiger partial charge in [0.2, 0.25) is 0 Å². The molecule has 0 heterocycles. The molecule has 0 fully saturated rings. The number of thioether (sulfide) groups is 1. The quantitative estimate of drug-likeness (QED) is 0.601. The van der Waals surface area contributed by atoms with Crippen molar-refractivity contribution in [3.63, 3.8) is 0 Å². The maximum Gasteiger partial charge on any atom is 0.335 e. The van der Waals surface area contributed by atoms with Crippen molar-refractivity contribution in [2.75, 3.05) is 0 Å². The normalized spacial score (nSPS) is 13.4. The molecule has 1 atom stereocenters. The smallest absolute Gasteiger partial charge is 0.335 e. The highest BCUT2D eigenvalue weighted by atomic mass is 35.5. The van der Waals surface area contributed by atoms with Crippen molar-refractivity contribution in [1.82, 2.24) is 0 Å². The maximum atomic E-state index is 13.8. The van der Waals surface area contributed by atoms with Gasteiger partial charge in [-0.1, -0.05) is 43.1 Å². The molecule has 2 nitrogen and oxygen atoms in total. The summed E-state index contributed by atoms with van der Waals surface area (Å²) in [6, 6.07) is 2.66. The van der Waals surface area contributed by atoms with Crippen molar-refractivity contribution in [3.8, 4) is 0 Å². The van der Waals surface area contributed by atoms with Crippen LogP contribution in [0.4, 0.5) is 4.39 Å². The molecule has 0 bridgehead atoms. The van der Waals surface area contributed by atoms with Crippen LogP contribution in [0.1, 0.15) is 41.8 Å². The fourth-order valence-electron chi connectivity index (χ4n) is 1.58. The monoisotopic (exact) mass is 324 g/mol. The van der Waals surface area contributed by atoms with Gasteiger partial charge in [0.25, 0.3) is 4.59 Å². The minimum atomic E-state index is -2.53. The lowest BCUT2D eigenvalue weighted by Crippen LogP contribution is -2.10. The van der Waals surface area contributed by atoms with Gasteiger partial charge in [-0.25, -0.2) is 9.18 Å². The van der Waals surface area contributed by atoms with Gasteiger partial charge in [0.1, 0.15) is 0 Å². The number of halogens is 3. The summed E-state index contributed by atoms with van der Waals surface area (Å²) in [6.45, 7) is 5.61. The number of hydrogen-bond acceptors (Lipinski definition) is 2. The van der Waals surface area contributed by atoms with Gasteiger partial charge in [0.15, 0.2) is 0 Å². The lowest BCUT2D eigenvalue weighted by Gasteiger charge is -2.20. The molecule has 6 heteroatoms. The Morgan fingerprint density at radius 1 is 1.53 bits per heavy atom. The Hall–Kier alpha value is -0.450. The molecule has 106 valence electrons. The summed E-state index contributed by atoms with van der Waals surface area (Å²) >= 11 is 12.4. The van der Waals surface area contributed by atoms with Gasteiger partial charge < -0.3 is 5.11 Å². The van der Waals surface area contributed by atoms with Gasteiger partial charge >= 0.3 is 5.97 Å². The molecule has 0 saturated heterocycles. The number of alkyl halides is 3. The van der Waals surface area contributed by atoms with E-state index in [1.807, 2.05) is 13.8 Å². The zero-order chi connectivity index (χ0) is 14.8. The van der Waals surface area contributed by atoms with Gasteiger partial charge in [0, 0.05) is 15.7 Å². The molecule has 1 rings (SSSR count). The summed E-state index contributed by atoms with van der Waals surface area (Å²) in [5.41, 5.74) is 0.717. The summed E-state index contributed by atoms with van der Waals surface area (Å²) in [6.07, 6.45) is 0.866. The van der Waals surface area contributed by atoms with Crippen LogP contribution in [0, 0.1) is 6.92 Å². The van der Waals surface area contributed by atoms with Crippen LogP contribution in [0.2, 0.25) is 0 Å². The van der Waals surface area contributed by atoms with Gasteiger partial charge in [-0.2, -0.15) is 0 Å². The molecule has 0 spiro atoms. The molecule has 0 aliphatic rings. The zero-order valence-corrected chi connectivity index (χ0v) is 13.2. The first-order chi connectivity index (χ1) is 8.68. The van der Waals surface area contributed by atoms with Crippen molar-refractivity contribution in [2.24, 2.45) is 0 Å². The molecule has 0 aliphatic heterocycles. The predicted octanol–water partition coefficient (Wildman–Crippen LogP) is 5.14. The Morgan fingerprint density at radius 3 is 2.53 bits per heavy atom. The zero-order valence-electron chi connectivity index (χ0n) is 10.8. The van der Waals surface area contributed by atoms with Crippen molar-refractivity contribution >= 4 is 40.9 Å². The molecule has 1 N–H and O–H groups in total. The second-order valence-corrected chi connectivity index (χ2v) is 6.94. The van der Waals surface area contributed by atoms with E-state index >= 15 is 0 Å². The Kier molecular flexibility index (Phi) is 5.53. The molecule has 0 amide bonds. The fourth-order valence-corrected chi connectivity index (χ4v) is 3.20. The number of hydrogen-bond donors (Lipinski definition) is 1. The SMILES string of the molecule is CC[C@@H](C)Sc1c(C(F)(Cl)Cl)ccc(C(=O)O)c1C. The summed E-state index contributed by atoms with van der Waals surface area (Å²) in [5, 5.41) is 9.31. The Bertz CT molecular complexity index is 486. The Labute approximate surface area is 126 Å². The first-order valence-electron chi connectivity index (χ1n) is 5.79. The van der Waals surface area contributed by atoms with Crippen LogP contribution in [0.15, 0.2) is 17.0 Å². The van der Waals surface area contributed by atoms with Gasteiger partial charge in [-0.3, -0.25) is 0 Å². The van der Waals surface area contributed by atoms with Crippen LogP contribution in [0.25, 0.3) is 0 Å². The average Bonchev–Trinajstić information content (AvgIpc) is 2.29. The molecular weight excluding hydrogens is 310 g/mol. The number of benzene rings is 1. The predicted molar refractivity (Wildman–Crippen MR) is 78.2 cm³/mol. The van der Waals surface area contributed by atoms with Crippen LogP contribution in [0.3, 0.4) is 0 Å². The molecule has 0 unspecified atom stereocenters. The minimum absolute atomic E-state index is 0.101. The van der Waals surface area contributed by atoms with E-state index in [2.05, 4.69) is 0 Å². The van der Waals surface area contributed by atoms with E-state index in [0.29, 0.717) is 10.5 Å². The third-order valence-corrected chi connectivity index (χ3v) is 4.74. The maximum absolute atomic E-state index is 13.8. The van der Waals surface area contributed by atoms with Gasteiger partial charge in [-0.05, 0) is 25.0 Å². The van der Waals surface area contributed by atoms with Gasteiger partial charge in [0.05, 0.1) is 5.56 Å². The third kappa shape index (κ3) is 4.01. The topological polar surface area (TPSA) is 37.3 Å². The molecule has 0 aromatic heterocycles. The molecule has 0 saturated carbocycles. The third-order valence-electron chi connectivity index (χ3n) is 2.84. The largest absolute Gasteiger partial charge is 0.478 e. The summed E-state index contributed by atoms with van der Waals surface area (Å²) in [4.78, 5) is 11.6. The number of carbonyl (C=O) groups is 1. The molecule has 1 aromatic rings. The summed E-state index contributed by atoms with van der Waals surface area (Å²) < 4.78 is 11.3. The van der Waals surface area contributed by atoms with Crippen LogP contribution < -0.4 is 0 Å². The summed E-state index contributed by atoms with van der Waals surface area (Å²) in [5.74, 6) is -1.05. The van der Waals surface area contributed by atoms with Crippen molar-refractivity contribution in [3.05, 3.63) is 28.8 Å². The number of carboxylic acid groups (broad SMARTS) is 1. The van der Waals surface area contributed by atoms with Crippen molar-refractivity contribution < 1.29 is 14.3 Å². The van der Waals surface area contributed by atoms with Crippen LogP contribution in [0.5, 0.6) is 0 Å². The van der Waals surface area contributed by atoms with E-state index in [0.717, 1.165) is 6.42 Å². The Balaban J connectivity index is 3.42. The van der Waals surface area contributed by atoms with Gasteiger partial charge in [-0.15, -0.1) is 11.8 Å². The lowest BCUT2D eigenvalue weighted by molar-refractivity contribution is 0.0695. The van der Waals surface area contributed by atoms with Crippen LogP contribution in [-0.2, 0) is 4.59 Å². The highest BCUT2D eigenvalue weighted by molar-refractivity contribution is 8.00.